The van der Waals surface area contributed by atoms with Crippen LogP contribution in [0.2, 0.25) is 0 Å². The molecule has 0 radical (unpaired) electrons. The Morgan fingerprint density at radius 2 is 2.12 bits per heavy atom. The Balaban J connectivity index is 1.42. The zero-order chi connectivity index (χ0) is 11.9. The maximum Gasteiger partial charge on any atom is -0.00180 e. The van der Waals surface area contributed by atoms with Crippen molar-refractivity contribution in [3.05, 3.63) is 0 Å². The summed E-state index contributed by atoms with van der Waals surface area (Å²) in [5.74, 6) is 2.92. The lowest BCUT2D eigenvalue weighted by atomic mass is 9.85. The van der Waals surface area contributed by atoms with Gasteiger partial charge in [0.15, 0.2) is 0 Å². The van der Waals surface area contributed by atoms with Gasteiger partial charge in [-0.15, -0.1) is 0 Å². The highest BCUT2D eigenvalue weighted by molar-refractivity contribution is 4.75. The monoisotopic (exact) mass is 238 g/mol. The van der Waals surface area contributed by atoms with E-state index in [-0.39, 0.29) is 0 Å². The average Bonchev–Trinajstić information content (AvgIpc) is 3.18. The summed E-state index contributed by atoms with van der Waals surface area (Å²) in [6.07, 6.45) is 10.0. The van der Waals surface area contributed by atoms with Crippen molar-refractivity contribution >= 4 is 0 Å². The molecule has 0 aromatic rings. The van der Waals surface area contributed by atoms with Crippen LogP contribution < -0.4 is 10.6 Å². The molecule has 2 rings (SSSR count). The number of rotatable bonds is 8. The normalized spacial score (nSPS) is 27.0. The summed E-state index contributed by atoms with van der Waals surface area (Å²) < 4.78 is 0. The van der Waals surface area contributed by atoms with Crippen molar-refractivity contribution in [2.75, 3.05) is 26.2 Å². The van der Waals surface area contributed by atoms with Crippen LogP contribution in [0.1, 0.15) is 51.9 Å². The molecule has 17 heavy (non-hydrogen) atoms. The van der Waals surface area contributed by atoms with E-state index in [9.17, 15) is 0 Å². The maximum absolute atomic E-state index is 3.62. The minimum atomic E-state index is 0.888. The zero-order valence-electron chi connectivity index (χ0n) is 11.5. The van der Waals surface area contributed by atoms with Gasteiger partial charge < -0.3 is 10.6 Å². The first kappa shape index (κ1) is 13.4. The molecule has 2 atom stereocenters. The van der Waals surface area contributed by atoms with Crippen LogP contribution in [-0.2, 0) is 0 Å². The van der Waals surface area contributed by atoms with Crippen LogP contribution >= 0.6 is 0 Å². The lowest BCUT2D eigenvalue weighted by molar-refractivity contribution is 0.266. The van der Waals surface area contributed by atoms with Gasteiger partial charge in [-0.3, -0.25) is 0 Å². The first-order chi connectivity index (χ1) is 8.36. The molecule has 1 heterocycles. The third-order valence-corrected chi connectivity index (χ3v) is 4.58. The minimum Gasteiger partial charge on any atom is -0.317 e. The highest BCUT2D eigenvalue weighted by Crippen LogP contribution is 2.33. The van der Waals surface area contributed by atoms with E-state index in [0.717, 1.165) is 17.8 Å². The number of hydrogen-bond donors (Lipinski definition) is 2. The fraction of sp³-hybridized carbons (Fsp3) is 1.00. The van der Waals surface area contributed by atoms with E-state index < -0.39 is 0 Å². The van der Waals surface area contributed by atoms with Gasteiger partial charge in [0.1, 0.15) is 0 Å². The molecular weight excluding hydrogens is 208 g/mol. The van der Waals surface area contributed by atoms with Gasteiger partial charge in [-0.05, 0) is 76.0 Å². The van der Waals surface area contributed by atoms with Gasteiger partial charge in [-0.2, -0.15) is 0 Å². The first-order valence-corrected chi connectivity index (χ1v) is 7.77. The molecule has 0 aromatic heterocycles. The molecule has 2 aliphatic rings. The van der Waals surface area contributed by atoms with E-state index in [1.165, 1.54) is 71.1 Å². The van der Waals surface area contributed by atoms with E-state index in [1.807, 2.05) is 0 Å². The molecular formula is C15H30N2. The zero-order valence-corrected chi connectivity index (χ0v) is 11.5. The Hall–Kier alpha value is -0.0800. The fourth-order valence-electron chi connectivity index (χ4n) is 2.98. The first-order valence-electron chi connectivity index (χ1n) is 7.77. The smallest absolute Gasteiger partial charge is 0.00180 e. The van der Waals surface area contributed by atoms with Crippen molar-refractivity contribution in [2.45, 2.75) is 51.9 Å². The van der Waals surface area contributed by atoms with E-state index >= 15 is 0 Å². The molecule has 2 nitrogen and oxygen atoms in total. The summed E-state index contributed by atoms with van der Waals surface area (Å²) in [4.78, 5) is 0. The van der Waals surface area contributed by atoms with E-state index in [0.29, 0.717) is 0 Å². The molecule has 1 aliphatic carbocycles. The van der Waals surface area contributed by atoms with Crippen LogP contribution in [-0.4, -0.2) is 26.2 Å². The molecule has 100 valence electrons. The molecule has 0 bridgehead atoms. The van der Waals surface area contributed by atoms with Gasteiger partial charge in [0.25, 0.3) is 0 Å². The van der Waals surface area contributed by atoms with Crippen molar-refractivity contribution in [1.82, 2.24) is 10.6 Å². The lowest BCUT2D eigenvalue weighted by Gasteiger charge is -2.28. The van der Waals surface area contributed by atoms with Gasteiger partial charge >= 0.3 is 0 Å². The van der Waals surface area contributed by atoms with Crippen LogP contribution in [0.25, 0.3) is 0 Å². The fourth-order valence-corrected chi connectivity index (χ4v) is 2.98. The van der Waals surface area contributed by atoms with Crippen molar-refractivity contribution in [2.24, 2.45) is 17.8 Å². The summed E-state index contributed by atoms with van der Waals surface area (Å²) in [5.41, 5.74) is 0. The van der Waals surface area contributed by atoms with Gasteiger partial charge in [-0.1, -0.05) is 19.8 Å². The van der Waals surface area contributed by atoms with E-state index in [4.69, 9.17) is 0 Å². The van der Waals surface area contributed by atoms with E-state index in [1.54, 1.807) is 0 Å². The van der Waals surface area contributed by atoms with Crippen LogP contribution in [0.3, 0.4) is 0 Å². The molecule has 2 unspecified atom stereocenters. The molecule has 2 fully saturated rings. The summed E-state index contributed by atoms with van der Waals surface area (Å²) in [6, 6.07) is 0. The van der Waals surface area contributed by atoms with Crippen molar-refractivity contribution in [3.8, 4) is 0 Å². The number of piperidine rings is 1. The average molecular weight is 238 g/mol. The van der Waals surface area contributed by atoms with Crippen molar-refractivity contribution < 1.29 is 0 Å². The third kappa shape index (κ3) is 5.39. The van der Waals surface area contributed by atoms with Crippen LogP contribution in [0, 0.1) is 17.8 Å². The molecule has 2 heteroatoms. The van der Waals surface area contributed by atoms with E-state index in [2.05, 4.69) is 17.6 Å². The molecule has 1 saturated carbocycles. The highest BCUT2D eigenvalue weighted by atomic mass is 14.9. The number of nitrogens with one attached hydrogen (secondary N) is 2. The molecule has 0 spiro atoms. The standard InChI is InChI=1S/C15H30N2/c1-13(15-5-3-10-17-12-15)8-11-16-9-2-4-14-6-7-14/h13-17H,2-12H2,1H3. The van der Waals surface area contributed by atoms with Crippen LogP contribution in [0.15, 0.2) is 0 Å². The Morgan fingerprint density at radius 3 is 2.82 bits per heavy atom. The van der Waals surface area contributed by atoms with Crippen molar-refractivity contribution in [3.63, 3.8) is 0 Å². The molecule has 1 saturated heterocycles. The molecule has 0 aromatic carbocycles. The second-order valence-electron chi connectivity index (χ2n) is 6.21. The highest BCUT2D eigenvalue weighted by Gasteiger charge is 2.20. The second-order valence-corrected chi connectivity index (χ2v) is 6.21. The van der Waals surface area contributed by atoms with Crippen LogP contribution in [0.4, 0.5) is 0 Å². The second kappa shape index (κ2) is 7.38. The minimum absolute atomic E-state index is 0.888. The largest absolute Gasteiger partial charge is 0.317 e. The van der Waals surface area contributed by atoms with Gasteiger partial charge in [0.05, 0.1) is 0 Å². The molecule has 1 aliphatic heterocycles. The summed E-state index contributed by atoms with van der Waals surface area (Å²) >= 11 is 0. The maximum atomic E-state index is 3.62. The van der Waals surface area contributed by atoms with Gasteiger partial charge in [0, 0.05) is 0 Å². The summed E-state index contributed by atoms with van der Waals surface area (Å²) in [7, 11) is 0. The number of hydrogen-bond acceptors (Lipinski definition) is 2. The topological polar surface area (TPSA) is 24.1 Å². The summed E-state index contributed by atoms with van der Waals surface area (Å²) in [6.45, 7) is 7.39. The quantitative estimate of drug-likeness (QED) is 0.635. The Morgan fingerprint density at radius 1 is 1.24 bits per heavy atom. The SMILES string of the molecule is CC(CCNCCCC1CC1)C1CCCNC1. The van der Waals surface area contributed by atoms with Crippen LogP contribution in [0.5, 0.6) is 0 Å². The van der Waals surface area contributed by atoms with Crippen molar-refractivity contribution in [1.29, 1.82) is 0 Å². The molecule has 0 amide bonds. The Kier molecular flexibility index (Phi) is 5.79. The van der Waals surface area contributed by atoms with Gasteiger partial charge in [-0.25, -0.2) is 0 Å². The molecule has 2 N–H and O–H groups in total. The predicted octanol–water partition coefficient (Wildman–Crippen LogP) is 2.79. The Bertz CT molecular complexity index is 195. The summed E-state index contributed by atoms with van der Waals surface area (Å²) in [5, 5.41) is 7.14. The predicted molar refractivity (Wildman–Crippen MR) is 74.2 cm³/mol. The third-order valence-electron chi connectivity index (χ3n) is 4.58. The Labute approximate surface area is 107 Å². The van der Waals surface area contributed by atoms with Gasteiger partial charge in [0.2, 0.25) is 0 Å². The lowest BCUT2D eigenvalue weighted by Crippen LogP contribution is -2.34.